The van der Waals surface area contributed by atoms with Crippen molar-refractivity contribution in [3.63, 3.8) is 0 Å². The van der Waals surface area contributed by atoms with Gasteiger partial charge in [-0.05, 0) is 31.6 Å². The number of piperidine rings is 2. The first kappa shape index (κ1) is 20.0. The van der Waals surface area contributed by atoms with E-state index in [-0.39, 0.29) is 11.9 Å². The molecule has 2 aliphatic rings. The second-order valence-corrected chi connectivity index (χ2v) is 8.80. The summed E-state index contributed by atoms with van der Waals surface area (Å²) in [7, 11) is 0.126. The van der Waals surface area contributed by atoms with Crippen molar-refractivity contribution in [2.75, 3.05) is 53.1 Å². The minimum atomic E-state index is -3.07. The Kier molecular flexibility index (Phi) is 7.06. The largest absolute Gasteiger partial charge is 0.469 e. The zero-order chi connectivity index (χ0) is 18.4. The van der Waals surface area contributed by atoms with E-state index in [9.17, 15) is 13.2 Å². The Labute approximate surface area is 150 Å². The average Bonchev–Trinajstić information content (AvgIpc) is 2.61. The van der Waals surface area contributed by atoms with Gasteiger partial charge in [0.2, 0.25) is 10.0 Å². The maximum Gasteiger partial charge on any atom is 0.308 e. The molecule has 0 aromatic heterocycles. The number of esters is 1. The number of methoxy groups -OCH3 is 1. The van der Waals surface area contributed by atoms with Crippen molar-refractivity contribution in [2.24, 2.45) is 16.8 Å². The number of guanidine groups is 1. The maximum absolute atomic E-state index is 11.6. The summed E-state index contributed by atoms with van der Waals surface area (Å²) in [6.45, 7) is 3.54. The van der Waals surface area contributed by atoms with Gasteiger partial charge in [0.05, 0.1) is 19.3 Å². The Hall–Kier alpha value is -1.35. The van der Waals surface area contributed by atoms with Crippen LogP contribution in [0.5, 0.6) is 0 Å². The molecule has 1 N–H and O–H groups in total. The molecule has 8 nitrogen and oxygen atoms in total. The normalized spacial score (nSPS) is 22.0. The van der Waals surface area contributed by atoms with Gasteiger partial charge in [-0.2, -0.15) is 0 Å². The number of ether oxygens (including phenoxy) is 1. The van der Waals surface area contributed by atoms with Gasteiger partial charge in [-0.25, -0.2) is 12.7 Å². The molecule has 0 aromatic rings. The number of carbonyl (C=O) groups is 1. The fourth-order valence-electron chi connectivity index (χ4n) is 3.51. The quantitative estimate of drug-likeness (QED) is 0.427. The smallest absolute Gasteiger partial charge is 0.308 e. The van der Waals surface area contributed by atoms with Crippen LogP contribution in [-0.4, -0.2) is 82.7 Å². The Morgan fingerprint density at radius 2 is 1.76 bits per heavy atom. The van der Waals surface area contributed by atoms with Crippen LogP contribution < -0.4 is 5.32 Å². The Balaban J connectivity index is 1.76. The summed E-state index contributed by atoms with van der Waals surface area (Å²) in [5, 5.41) is 3.41. The Morgan fingerprint density at radius 3 is 2.24 bits per heavy atom. The van der Waals surface area contributed by atoms with Crippen LogP contribution >= 0.6 is 0 Å². The molecule has 2 saturated heterocycles. The molecule has 0 unspecified atom stereocenters. The van der Waals surface area contributed by atoms with Gasteiger partial charge in [-0.15, -0.1) is 0 Å². The molecular weight excluding hydrogens is 344 g/mol. The van der Waals surface area contributed by atoms with Gasteiger partial charge in [0.15, 0.2) is 5.96 Å². The standard InChI is InChI=1S/C16H30N4O4S/c1-17-16(19-8-6-14(7-9-19)15(21)24-2)18-12-13-4-10-20(11-5-13)25(3,22)23/h13-14H,4-12H2,1-3H3,(H,17,18). The molecule has 2 aliphatic heterocycles. The van der Waals surface area contributed by atoms with Crippen LogP contribution in [0.1, 0.15) is 25.7 Å². The van der Waals surface area contributed by atoms with Crippen LogP contribution in [0.15, 0.2) is 4.99 Å². The first-order valence-electron chi connectivity index (χ1n) is 8.83. The lowest BCUT2D eigenvalue weighted by molar-refractivity contribution is -0.146. The summed E-state index contributed by atoms with van der Waals surface area (Å²) >= 11 is 0. The molecule has 0 amide bonds. The van der Waals surface area contributed by atoms with E-state index >= 15 is 0 Å². The lowest BCUT2D eigenvalue weighted by Gasteiger charge is -2.35. The van der Waals surface area contributed by atoms with Gasteiger partial charge < -0.3 is 15.0 Å². The molecule has 2 heterocycles. The maximum atomic E-state index is 11.6. The second kappa shape index (κ2) is 8.84. The molecule has 0 aliphatic carbocycles. The minimum Gasteiger partial charge on any atom is -0.469 e. The lowest BCUT2D eigenvalue weighted by Crippen LogP contribution is -2.48. The highest BCUT2D eigenvalue weighted by molar-refractivity contribution is 7.88. The number of hydrogen-bond donors (Lipinski definition) is 1. The van der Waals surface area contributed by atoms with E-state index in [0.717, 1.165) is 51.3 Å². The molecular formula is C16H30N4O4S. The molecule has 9 heteroatoms. The predicted molar refractivity (Wildman–Crippen MR) is 96.8 cm³/mol. The van der Waals surface area contributed by atoms with Crippen molar-refractivity contribution in [1.82, 2.24) is 14.5 Å². The fraction of sp³-hybridized carbons (Fsp3) is 0.875. The third-order valence-corrected chi connectivity index (χ3v) is 6.44. The van der Waals surface area contributed by atoms with E-state index in [1.165, 1.54) is 13.4 Å². The van der Waals surface area contributed by atoms with Crippen molar-refractivity contribution in [1.29, 1.82) is 0 Å². The number of hydrogen-bond acceptors (Lipinski definition) is 5. The summed E-state index contributed by atoms with van der Waals surface area (Å²) in [6, 6.07) is 0. The number of sulfonamides is 1. The second-order valence-electron chi connectivity index (χ2n) is 6.82. The summed E-state index contributed by atoms with van der Waals surface area (Å²) in [4.78, 5) is 18.1. The number of nitrogens with one attached hydrogen (secondary N) is 1. The van der Waals surface area contributed by atoms with Crippen LogP contribution in [0.25, 0.3) is 0 Å². The Morgan fingerprint density at radius 1 is 1.16 bits per heavy atom. The van der Waals surface area contributed by atoms with Crippen molar-refractivity contribution in [3.8, 4) is 0 Å². The van der Waals surface area contributed by atoms with Crippen LogP contribution in [0, 0.1) is 11.8 Å². The zero-order valence-electron chi connectivity index (χ0n) is 15.4. The van der Waals surface area contributed by atoms with Crippen molar-refractivity contribution in [3.05, 3.63) is 0 Å². The SMILES string of the molecule is CN=C(NCC1CCN(S(C)(=O)=O)CC1)N1CCC(C(=O)OC)CC1. The van der Waals surface area contributed by atoms with Gasteiger partial charge in [0.25, 0.3) is 0 Å². The number of nitrogens with zero attached hydrogens (tertiary/aromatic N) is 3. The first-order valence-corrected chi connectivity index (χ1v) is 10.7. The molecule has 0 bridgehead atoms. The lowest BCUT2D eigenvalue weighted by atomic mass is 9.97. The first-order chi connectivity index (χ1) is 11.8. The van der Waals surface area contributed by atoms with E-state index in [4.69, 9.17) is 4.74 Å². The molecule has 2 rings (SSSR count). The third-order valence-electron chi connectivity index (χ3n) is 5.13. The predicted octanol–water partition coefficient (Wildman–Crippen LogP) is 0.118. The molecule has 0 spiro atoms. The highest BCUT2D eigenvalue weighted by Gasteiger charge is 2.28. The average molecular weight is 375 g/mol. The molecule has 144 valence electrons. The summed E-state index contributed by atoms with van der Waals surface area (Å²) in [5.41, 5.74) is 0. The van der Waals surface area contributed by atoms with Crippen molar-refractivity contribution < 1.29 is 17.9 Å². The van der Waals surface area contributed by atoms with Gasteiger partial charge >= 0.3 is 5.97 Å². The molecule has 0 atom stereocenters. The van der Waals surface area contributed by atoms with E-state index in [0.29, 0.717) is 19.0 Å². The molecule has 0 radical (unpaired) electrons. The fourth-order valence-corrected chi connectivity index (χ4v) is 4.38. The van der Waals surface area contributed by atoms with Crippen LogP contribution in [-0.2, 0) is 19.6 Å². The highest BCUT2D eigenvalue weighted by Crippen LogP contribution is 2.20. The van der Waals surface area contributed by atoms with Gasteiger partial charge in [-0.1, -0.05) is 0 Å². The number of aliphatic imine (C=N–C) groups is 1. The highest BCUT2D eigenvalue weighted by atomic mass is 32.2. The van der Waals surface area contributed by atoms with Gasteiger partial charge in [0, 0.05) is 39.8 Å². The number of likely N-dealkylation sites (tertiary alicyclic amines) is 1. The topological polar surface area (TPSA) is 91.3 Å². The van der Waals surface area contributed by atoms with E-state index < -0.39 is 10.0 Å². The molecule has 0 saturated carbocycles. The van der Waals surface area contributed by atoms with E-state index in [1.54, 1.807) is 11.4 Å². The van der Waals surface area contributed by atoms with E-state index in [2.05, 4.69) is 15.2 Å². The van der Waals surface area contributed by atoms with Crippen molar-refractivity contribution >= 4 is 22.0 Å². The minimum absolute atomic E-state index is 0.0142. The monoisotopic (exact) mass is 374 g/mol. The number of carbonyl (C=O) groups excluding carboxylic acids is 1. The van der Waals surface area contributed by atoms with Crippen LogP contribution in [0.2, 0.25) is 0 Å². The van der Waals surface area contributed by atoms with Crippen molar-refractivity contribution in [2.45, 2.75) is 25.7 Å². The molecule has 25 heavy (non-hydrogen) atoms. The number of rotatable bonds is 4. The third kappa shape index (κ3) is 5.57. The summed E-state index contributed by atoms with van der Waals surface area (Å²) in [5.74, 6) is 1.16. The zero-order valence-corrected chi connectivity index (χ0v) is 16.2. The van der Waals surface area contributed by atoms with Crippen LogP contribution in [0.3, 0.4) is 0 Å². The Bertz CT molecular complexity index is 577. The summed E-state index contributed by atoms with van der Waals surface area (Å²) < 4.78 is 29.5. The van der Waals surface area contributed by atoms with Gasteiger partial charge in [0.1, 0.15) is 0 Å². The van der Waals surface area contributed by atoms with Crippen LogP contribution in [0.4, 0.5) is 0 Å². The van der Waals surface area contributed by atoms with Gasteiger partial charge in [-0.3, -0.25) is 9.79 Å². The summed E-state index contributed by atoms with van der Waals surface area (Å²) in [6.07, 6.45) is 4.55. The molecule has 0 aromatic carbocycles. The molecule has 2 fully saturated rings. The van der Waals surface area contributed by atoms with E-state index in [1.807, 2.05) is 0 Å².